The quantitative estimate of drug-likeness (QED) is 0.524. The number of methoxy groups -OCH3 is 1. The van der Waals surface area contributed by atoms with Crippen molar-refractivity contribution in [2.24, 2.45) is 5.73 Å². The van der Waals surface area contributed by atoms with Crippen molar-refractivity contribution < 1.29 is 4.74 Å². The molecule has 0 atom stereocenters. The fourth-order valence-electron chi connectivity index (χ4n) is 0.408. The molecule has 0 aromatic heterocycles. The Kier molecular flexibility index (Phi) is 4.46. The van der Waals surface area contributed by atoms with Gasteiger partial charge in [-0.25, -0.2) is 0 Å². The van der Waals surface area contributed by atoms with E-state index in [0.29, 0.717) is 16.5 Å². The summed E-state index contributed by atoms with van der Waals surface area (Å²) in [7, 11) is 1.50. The largest absolute Gasteiger partial charge is 0.496 e. The number of halogens is 1. The van der Waals surface area contributed by atoms with Gasteiger partial charge in [0, 0.05) is 5.70 Å². The van der Waals surface area contributed by atoms with Crippen LogP contribution in [0.1, 0.15) is 6.92 Å². The number of rotatable bonds is 3. The van der Waals surface area contributed by atoms with E-state index >= 15 is 0 Å². The number of allylic oxidation sites excluding steroid dienone is 3. The van der Waals surface area contributed by atoms with Gasteiger partial charge in [-0.2, -0.15) is 0 Å². The van der Waals surface area contributed by atoms with E-state index in [1.54, 1.807) is 12.2 Å². The second kappa shape index (κ2) is 4.85. The molecule has 0 radical (unpaired) electrons. The van der Waals surface area contributed by atoms with Crippen molar-refractivity contribution in [3.8, 4) is 0 Å². The summed E-state index contributed by atoms with van der Waals surface area (Å²) in [5, 5.41) is 0.420. The zero-order valence-corrected chi connectivity index (χ0v) is 7.48. The summed E-state index contributed by atoms with van der Waals surface area (Å²) in [4.78, 5) is 0. The lowest BCUT2D eigenvalue weighted by atomic mass is 10.3. The van der Waals surface area contributed by atoms with Crippen molar-refractivity contribution >= 4 is 11.6 Å². The summed E-state index contributed by atoms with van der Waals surface area (Å²) < 4.78 is 4.78. The van der Waals surface area contributed by atoms with E-state index in [0.717, 1.165) is 0 Å². The SMILES string of the molecule is C=C(OC)/C(Cl)=C\C(N)=C/C. The Balaban J connectivity index is 4.34. The number of hydrogen-bond acceptors (Lipinski definition) is 2. The van der Waals surface area contributed by atoms with Crippen molar-refractivity contribution in [3.63, 3.8) is 0 Å². The summed E-state index contributed by atoms with van der Waals surface area (Å²) >= 11 is 5.72. The van der Waals surface area contributed by atoms with Crippen LogP contribution in [0.4, 0.5) is 0 Å². The molecule has 2 N–H and O–H groups in total. The molecule has 0 heterocycles. The summed E-state index contributed by atoms with van der Waals surface area (Å²) in [5.41, 5.74) is 6.06. The van der Waals surface area contributed by atoms with Crippen LogP contribution in [0.3, 0.4) is 0 Å². The number of ether oxygens (including phenoxy) is 1. The predicted molar refractivity (Wildman–Crippen MR) is 48.0 cm³/mol. The van der Waals surface area contributed by atoms with E-state index in [4.69, 9.17) is 22.1 Å². The van der Waals surface area contributed by atoms with Gasteiger partial charge in [0.2, 0.25) is 0 Å². The summed E-state index contributed by atoms with van der Waals surface area (Å²) in [6.07, 6.45) is 3.33. The average Bonchev–Trinajstić information content (AvgIpc) is 2.02. The monoisotopic (exact) mass is 173 g/mol. The van der Waals surface area contributed by atoms with E-state index in [2.05, 4.69) is 6.58 Å². The second-order valence-electron chi connectivity index (χ2n) is 1.91. The Labute approximate surface area is 72.0 Å². The maximum absolute atomic E-state index is 5.72. The molecule has 3 heteroatoms. The lowest BCUT2D eigenvalue weighted by molar-refractivity contribution is 0.306. The molecule has 0 aliphatic carbocycles. The van der Waals surface area contributed by atoms with Crippen molar-refractivity contribution in [3.05, 3.63) is 35.2 Å². The van der Waals surface area contributed by atoms with Crippen molar-refractivity contribution in [1.82, 2.24) is 0 Å². The molecule has 0 aromatic rings. The Hall–Kier alpha value is -0.890. The molecule has 0 rings (SSSR count). The molecule has 0 amide bonds. The Morgan fingerprint density at radius 1 is 1.64 bits per heavy atom. The molecular weight excluding hydrogens is 162 g/mol. The molecule has 0 unspecified atom stereocenters. The third-order valence-corrected chi connectivity index (χ3v) is 1.46. The minimum atomic E-state index is 0.413. The first kappa shape index (κ1) is 10.1. The lowest BCUT2D eigenvalue weighted by Crippen LogP contribution is -1.93. The highest BCUT2D eigenvalue weighted by Crippen LogP contribution is 2.13. The molecule has 0 aliphatic heterocycles. The van der Waals surface area contributed by atoms with E-state index in [1.807, 2.05) is 6.92 Å². The van der Waals surface area contributed by atoms with Gasteiger partial charge in [-0.3, -0.25) is 0 Å². The van der Waals surface area contributed by atoms with Crippen molar-refractivity contribution in [2.45, 2.75) is 6.92 Å². The van der Waals surface area contributed by atoms with Crippen LogP contribution < -0.4 is 5.73 Å². The Morgan fingerprint density at radius 2 is 2.18 bits per heavy atom. The molecule has 0 aromatic carbocycles. The summed E-state index contributed by atoms with van der Waals surface area (Å²) in [5.74, 6) is 0.413. The average molecular weight is 174 g/mol. The number of hydrogen-bond donors (Lipinski definition) is 1. The Morgan fingerprint density at radius 3 is 2.55 bits per heavy atom. The fraction of sp³-hybridized carbons (Fsp3) is 0.250. The standard InChI is InChI=1S/C8H12ClNO/c1-4-7(10)5-8(9)6(2)11-3/h4-5H,2,10H2,1,3H3/b7-4+,8-5+. The molecule has 11 heavy (non-hydrogen) atoms. The highest BCUT2D eigenvalue weighted by Gasteiger charge is 1.96. The molecule has 0 saturated heterocycles. The van der Waals surface area contributed by atoms with Gasteiger partial charge in [-0.15, -0.1) is 0 Å². The minimum absolute atomic E-state index is 0.413. The van der Waals surface area contributed by atoms with Crippen LogP contribution in [-0.4, -0.2) is 7.11 Å². The van der Waals surface area contributed by atoms with E-state index < -0.39 is 0 Å². The molecular formula is C8H12ClNO. The van der Waals surface area contributed by atoms with Gasteiger partial charge in [0.1, 0.15) is 5.76 Å². The van der Waals surface area contributed by atoms with Gasteiger partial charge in [0.25, 0.3) is 0 Å². The van der Waals surface area contributed by atoms with Crippen molar-refractivity contribution in [2.75, 3.05) is 7.11 Å². The zero-order valence-electron chi connectivity index (χ0n) is 6.73. The normalized spacial score (nSPS) is 13.0. The molecule has 0 saturated carbocycles. The first-order valence-corrected chi connectivity index (χ1v) is 3.51. The van der Waals surface area contributed by atoms with Crippen LogP contribution >= 0.6 is 11.6 Å². The third-order valence-electron chi connectivity index (χ3n) is 1.14. The van der Waals surface area contributed by atoms with Gasteiger partial charge < -0.3 is 10.5 Å². The van der Waals surface area contributed by atoms with Crippen LogP contribution in [0.15, 0.2) is 35.2 Å². The highest BCUT2D eigenvalue weighted by molar-refractivity contribution is 6.31. The van der Waals surface area contributed by atoms with Crippen LogP contribution in [0.2, 0.25) is 0 Å². The second-order valence-corrected chi connectivity index (χ2v) is 2.32. The first-order chi connectivity index (χ1) is 5.11. The smallest absolute Gasteiger partial charge is 0.130 e. The number of nitrogens with two attached hydrogens (primary N) is 1. The molecule has 0 aliphatic rings. The first-order valence-electron chi connectivity index (χ1n) is 3.14. The molecule has 0 fully saturated rings. The molecule has 0 bridgehead atoms. The molecule has 62 valence electrons. The topological polar surface area (TPSA) is 35.2 Å². The van der Waals surface area contributed by atoms with Crippen LogP contribution in [0.25, 0.3) is 0 Å². The van der Waals surface area contributed by atoms with Gasteiger partial charge in [0.15, 0.2) is 0 Å². The summed E-state index contributed by atoms with van der Waals surface area (Å²) in [6, 6.07) is 0. The van der Waals surface area contributed by atoms with E-state index in [1.165, 1.54) is 7.11 Å². The Bertz CT molecular complexity index is 206. The van der Waals surface area contributed by atoms with Gasteiger partial charge >= 0.3 is 0 Å². The maximum Gasteiger partial charge on any atom is 0.130 e. The zero-order chi connectivity index (χ0) is 8.85. The predicted octanol–water partition coefficient (Wildman–Crippen LogP) is 2.13. The molecule has 0 spiro atoms. The van der Waals surface area contributed by atoms with Crippen LogP contribution in [0.5, 0.6) is 0 Å². The van der Waals surface area contributed by atoms with Gasteiger partial charge in [-0.1, -0.05) is 24.3 Å². The van der Waals surface area contributed by atoms with Gasteiger partial charge in [-0.05, 0) is 13.0 Å². The van der Waals surface area contributed by atoms with Gasteiger partial charge in [0.05, 0.1) is 12.1 Å². The maximum atomic E-state index is 5.72. The van der Waals surface area contributed by atoms with Crippen molar-refractivity contribution in [1.29, 1.82) is 0 Å². The highest BCUT2D eigenvalue weighted by atomic mass is 35.5. The third kappa shape index (κ3) is 3.73. The minimum Gasteiger partial charge on any atom is -0.496 e. The van der Waals surface area contributed by atoms with E-state index in [9.17, 15) is 0 Å². The van der Waals surface area contributed by atoms with Crippen LogP contribution in [0, 0.1) is 0 Å². The van der Waals surface area contributed by atoms with Crippen LogP contribution in [-0.2, 0) is 4.74 Å². The lowest BCUT2D eigenvalue weighted by Gasteiger charge is -2.01. The summed E-state index contributed by atoms with van der Waals surface area (Å²) in [6.45, 7) is 5.38. The van der Waals surface area contributed by atoms with E-state index in [-0.39, 0.29) is 0 Å². The fourth-order valence-corrected chi connectivity index (χ4v) is 0.611. The molecule has 2 nitrogen and oxygen atoms in total.